The number of aryl methyl sites for hydroxylation is 2. The first kappa shape index (κ1) is 17.5. The molecule has 0 spiro atoms. The topological polar surface area (TPSA) is 80.6 Å². The summed E-state index contributed by atoms with van der Waals surface area (Å²) in [5.74, 6) is 0.201. The maximum atomic E-state index is 12.4. The van der Waals surface area contributed by atoms with Crippen molar-refractivity contribution in [3.63, 3.8) is 0 Å². The maximum Gasteiger partial charge on any atom is 0.349 e. The molecule has 0 fully saturated rings. The molecule has 0 saturated heterocycles. The van der Waals surface area contributed by atoms with Gasteiger partial charge in [0.15, 0.2) is 5.65 Å². The van der Waals surface area contributed by atoms with Crippen LogP contribution in [0.15, 0.2) is 56.3 Å². The van der Waals surface area contributed by atoms with Gasteiger partial charge in [-0.2, -0.15) is 5.10 Å². The Labute approximate surface area is 163 Å². The summed E-state index contributed by atoms with van der Waals surface area (Å²) in [7, 11) is 0. The van der Waals surface area contributed by atoms with Crippen LogP contribution >= 0.6 is 15.9 Å². The normalized spacial score (nSPS) is 11.2. The average Bonchev–Trinajstić information content (AvgIpc) is 3.01. The zero-order valence-electron chi connectivity index (χ0n) is 14.7. The van der Waals surface area contributed by atoms with Crippen LogP contribution in [0.1, 0.15) is 18.4 Å². The highest BCUT2D eigenvalue weighted by Gasteiger charge is 2.21. The Balaban J connectivity index is 2.04. The van der Waals surface area contributed by atoms with E-state index in [2.05, 4.69) is 26.0 Å². The van der Waals surface area contributed by atoms with Crippen LogP contribution in [-0.2, 0) is 6.42 Å². The van der Waals surface area contributed by atoms with Crippen LogP contribution in [0.3, 0.4) is 0 Å². The molecule has 4 aromatic rings. The molecule has 0 aliphatic carbocycles. The number of aromatic nitrogens is 3. The van der Waals surface area contributed by atoms with E-state index in [-0.39, 0.29) is 11.3 Å². The van der Waals surface area contributed by atoms with Crippen LogP contribution in [0.4, 0.5) is 0 Å². The van der Waals surface area contributed by atoms with Crippen molar-refractivity contribution < 1.29 is 9.52 Å². The van der Waals surface area contributed by atoms with Crippen LogP contribution in [0.5, 0.6) is 5.75 Å². The second-order valence-electron chi connectivity index (χ2n) is 6.15. The van der Waals surface area contributed by atoms with E-state index in [9.17, 15) is 9.90 Å². The molecule has 0 aliphatic rings. The summed E-state index contributed by atoms with van der Waals surface area (Å²) in [6.07, 6.45) is 2.30. The molecule has 0 unspecified atom stereocenters. The van der Waals surface area contributed by atoms with Gasteiger partial charge < -0.3 is 9.52 Å². The number of aromatic hydroxyl groups is 1. The third kappa shape index (κ3) is 2.94. The van der Waals surface area contributed by atoms with E-state index in [0.29, 0.717) is 23.5 Å². The largest absolute Gasteiger partial charge is 0.507 e. The zero-order chi connectivity index (χ0) is 19.1. The first-order chi connectivity index (χ1) is 13.0. The van der Waals surface area contributed by atoms with Crippen molar-refractivity contribution in [1.29, 1.82) is 0 Å². The van der Waals surface area contributed by atoms with E-state index in [1.165, 1.54) is 6.07 Å². The molecule has 0 saturated carbocycles. The molecule has 0 bridgehead atoms. The Kier molecular flexibility index (Phi) is 4.31. The second-order valence-corrected chi connectivity index (χ2v) is 7.07. The van der Waals surface area contributed by atoms with Gasteiger partial charge in [0.2, 0.25) is 0 Å². The number of fused-ring (bicyclic) bond motifs is 1. The lowest BCUT2D eigenvalue weighted by molar-refractivity contribution is 0.437. The predicted molar refractivity (Wildman–Crippen MR) is 106 cm³/mol. The smallest absolute Gasteiger partial charge is 0.349 e. The van der Waals surface area contributed by atoms with E-state index in [0.717, 1.165) is 21.3 Å². The van der Waals surface area contributed by atoms with Crippen molar-refractivity contribution in [3.8, 4) is 28.1 Å². The molecule has 7 heteroatoms. The Morgan fingerprint density at radius 2 is 1.93 bits per heavy atom. The third-order valence-electron chi connectivity index (χ3n) is 4.37. The fourth-order valence-electron chi connectivity index (χ4n) is 3.17. The highest BCUT2D eigenvalue weighted by Crippen LogP contribution is 2.33. The summed E-state index contributed by atoms with van der Waals surface area (Å²) in [6, 6.07) is 11.0. The Bertz CT molecular complexity index is 1210. The Morgan fingerprint density at radius 3 is 2.59 bits per heavy atom. The zero-order valence-corrected chi connectivity index (χ0v) is 16.3. The molecule has 0 radical (unpaired) electrons. The Hall–Kier alpha value is -2.93. The minimum Gasteiger partial charge on any atom is -0.507 e. The number of rotatable bonds is 3. The van der Waals surface area contributed by atoms with E-state index in [1.807, 2.05) is 31.2 Å². The Morgan fingerprint density at radius 1 is 1.19 bits per heavy atom. The molecule has 6 nitrogen and oxygen atoms in total. The number of halogens is 1. The molecular formula is C20H16BrN3O3. The monoisotopic (exact) mass is 425 g/mol. The second kappa shape index (κ2) is 6.66. The van der Waals surface area contributed by atoms with Gasteiger partial charge in [-0.15, -0.1) is 0 Å². The highest BCUT2D eigenvalue weighted by molar-refractivity contribution is 9.10. The molecule has 27 heavy (non-hydrogen) atoms. The number of hydrogen-bond donors (Lipinski definition) is 1. The molecule has 0 atom stereocenters. The number of hydrogen-bond acceptors (Lipinski definition) is 5. The summed E-state index contributed by atoms with van der Waals surface area (Å²) < 4.78 is 7.75. The quantitative estimate of drug-likeness (QED) is 0.527. The first-order valence-electron chi connectivity index (χ1n) is 8.46. The molecule has 1 N–H and O–H groups in total. The van der Waals surface area contributed by atoms with Crippen molar-refractivity contribution in [2.75, 3.05) is 0 Å². The number of benzene rings is 1. The summed E-state index contributed by atoms with van der Waals surface area (Å²) in [5, 5.41) is 15.0. The van der Waals surface area contributed by atoms with Gasteiger partial charge in [0.05, 0.1) is 11.4 Å². The lowest BCUT2D eigenvalue weighted by Gasteiger charge is -2.06. The van der Waals surface area contributed by atoms with Gasteiger partial charge in [-0.3, -0.25) is 0 Å². The summed E-state index contributed by atoms with van der Waals surface area (Å²) in [6.45, 7) is 3.63. The van der Waals surface area contributed by atoms with Crippen molar-refractivity contribution in [2.45, 2.75) is 20.3 Å². The minimum absolute atomic E-state index is 0.0699. The van der Waals surface area contributed by atoms with Crippen LogP contribution in [0.2, 0.25) is 0 Å². The van der Waals surface area contributed by atoms with Gasteiger partial charge in [-0.05, 0) is 37.1 Å². The highest BCUT2D eigenvalue weighted by atomic mass is 79.9. The van der Waals surface area contributed by atoms with Gasteiger partial charge in [0.1, 0.15) is 17.1 Å². The number of nitrogens with zero attached hydrogens (tertiary/aromatic N) is 3. The summed E-state index contributed by atoms with van der Waals surface area (Å²) >= 11 is 3.45. The van der Waals surface area contributed by atoms with Crippen molar-refractivity contribution >= 4 is 21.6 Å². The van der Waals surface area contributed by atoms with E-state index in [4.69, 9.17) is 4.42 Å². The molecule has 0 aliphatic heterocycles. The standard InChI is InChI=1S/C20H16BrN3O3/c1-3-14-17(12-4-6-13(21)7-5-12)19-22-9-8-15(24(19)23-14)18-16(25)10-11(2)27-20(18)26/h4-10,25H,3H2,1-2H3. The molecular weight excluding hydrogens is 410 g/mol. The van der Waals surface area contributed by atoms with Gasteiger partial charge in [-0.25, -0.2) is 14.3 Å². The lowest BCUT2D eigenvalue weighted by Crippen LogP contribution is -2.08. The molecule has 3 heterocycles. The molecule has 1 aromatic carbocycles. The van der Waals surface area contributed by atoms with Crippen molar-refractivity contribution in [3.05, 3.63) is 68.9 Å². The van der Waals surface area contributed by atoms with E-state index >= 15 is 0 Å². The summed E-state index contributed by atoms with van der Waals surface area (Å²) in [5.41, 5.74) is 3.25. The van der Waals surface area contributed by atoms with Crippen LogP contribution in [0.25, 0.3) is 28.0 Å². The van der Waals surface area contributed by atoms with Crippen LogP contribution in [0, 0.1) is 6.92 Å². The first-order valence-corrected chi connectivity index (χ1v) is 9.25. The van der Waals surface area contributed by atoms with Crippen molar-refractivity contribution in [2.24, 2.45) is 0 Å². The third-order valence-corrected chi connectivity index (χ3v) is 4.90. The van der Waals surface area contributed by atoms with Gasteiger partial charge in [0, 0.05) is 22.3 Å². The van der Waals surface area contributed by atoms with Gasteiger partial charge in [-0.1, -0.05) is 35.0 Å². The van der Waals surface area contributed by atoms with E-state index in [1.54, 1.807) is 23.7 Å². The SMILES string of the molecule is CCc1nn2c(-c3c(O)cc(C)oc3=O)ccnc2c1-c1ccc(Br)cc1. The molecule has 3 aromatic heterocycles. The lowest BCUT2D eigenvalue weighted by atomic mass is 10.0. The maximum absolute atomic E-state index is 12.4. The summed E-state index contributed by atoms with van der Waals surface area (Å²) in [4.78, 5) is 16.9. The minimum atomic E-state index is -0.612. The average molecular weight is 426 g/mol. The molecule has 0 amide bonds. The fourth-order valence-corrected chi connectivity index (χ4v) is 3.43. The fraction of sp³-hybridized carbons (Fsp3) is 0.150. The van der Waals surface area contributed by atoms with Crippen LogP contribution < -0.4 is 5.63 Å². The van der Waals surface area contributed by atoms with E-state index < -0.39 is 5.63 Å². The van der Waals surface area contributed by atoms with Gasteiger partial charge in [0.25, 0.3) is 0 Å². The molecule has 136 valence electrons. The van der Waals surface area contributed by atoms with Crippen molar-refractivity contribution in [1.82, 2.24) is 14.6 Å². The van der Waals surface area contributed by atoms with Crippen LogP contribution in [-0.4, -0.2) is 19.7 Å². The molecule has 4 rings (SSSR count). The predicted octanol–water partition coefficient (Wildman–Crippen LogP) is 4.36. The van der Waals surface area contributed by atoms with Gasteiger partial charge >= 0.3 is 5.63 Å².